The van der Waals surface area contributed by atoms with Crippen molar-refractivity contribution in [2.75, 3.05) is 5.06 Å². The van der Waals surface area contributed by atoms with Crippen molar-refractivity contribution >= 4 is 11.6 Å². The van der Waals surface area contributed by atoms with Gasteiger partial charge in [0, 0.05) is 0 Å². The Hall–Kier alpha value is -1.79. The second-order valence-corrected chi connectivity index (χ2v) is 2.75. The van der Waals surface area contributed by atoms with E-state index in [1.165, 1.54) is 12.1 Å². The lowest BCUT2D eigenvalue weighted by Crippen LogP contribution is -2.43. The molecule has 6 heteroatoms. The number of carbonyl (C=O) groups excluding carboxylic acids is 1. The maximum Gasteiger partial charge on any atom is 0.320 e. The van der Waals surface area contributed by atoms with Crippen molar-refractivity contribution < 1.29 is 25.0 Å². The average Bonchev–Trinajstić information content (AvgIpc) is 2.14. The fourth-order valence-electron chi connectivity index (χ4n) is 1.16. The first-order valence-corrected chi connectivity index (χ1v) is 3.78. The van der Waals surface area contributed by atoms with Gasteiger partial charge in [0.2, 0.25) is 0 Å². The second kappa shape index (κ2) is 2.86. The van der Waals surface area contributed by atoms with Gasteiger partial charge in [-0.3, -0.25) is 10.0 Å². The minimum Gasteiger partial charge on any atom is -0.872 e. The van der Waals surface area contributed by atoms with Crippen molar-refractivity contribution in [2.24, 2.45) is 0 Å². The van der Waals surface area contributed by atoms with E-state index in [0.29, 0.717) is 0 Å². The number of anilines is 1. The van der Waals surface area contributed by atoms with Crippen LogP contribution < -0.4 is 14.9 Å². The molecule has 0 aliphatic carbocycles. The van der Waals surface area contributed by atoms with Crippen LogP contribution in [-0.2, 0) is 4.79 Å². The lowest BCUT2D eigenvalue weighted by molar-refractivity contribution is -0.268. The predicted octanol–water partition coefficient (Wildman–Crippen LogP) is -0.807. The Bertz CT molecular complexity index is 391. The van der Waals surface area contributed by atoms with Crippen molar-refractivity contribution in [3.8, 4) is 11.5 Å². The minimum atomic E-state index is -1.77. The monoisotopic (exact) mass is 196 g/mol. The van der Waals surface area contributed by atoms with Gasteiger partial charge in [0.1, 0.15) is 11.4 Å². The maximum absolute atomic E-state index is 11.0. The average molecular weight is 196 g/mol. The highest BCUT2D eigenvalue weighted by Gasteiger charge is 2.31. The first-order chi connectivity index (χ1) is 6.59. The smallest absolute Gasteiger partial charge is 0.320 e. The second-order valence-electron chi connectivity index (χ2n) is 2.75. The third-order valence-corrected chi connectivity index (χ3v) is 1.82. The molecule has 2 rings (SSSR count). The molecule has 74 valence electrons. The van der Waals surface area contributed by atoms with Gasteiger partial charge >= 0.3 is 5.91 Å². The van der Waals surface area contributed by atoms with Crippen molar-refractivity contribution in [3.63, 3.8) is 0 Å². The van der Waals surface area contributed by atoms with E-state index in [1.54, 1.807) is 0 Å². The van der Waals surface area contributed by atoms with Crippen molar-refractivity contribution in [1.82, 2.24) is 0 Å². The summed E-state index contributed by atoms with van der Waals surface area (Å²) in [6.45, 7) is 0. The van der Waals surface area contributed by atoms with E-state index in [1.807, 2.05) is 0 Å². The molecule has 0 radical (unpaired) electrons. The molecule has 0 saturated heterocycles. The van der Waals surface area contributed by atoms with Gasteiger partial charge in [0.15, 0.2) is 0 Å². The number of hydrogen-bond acceptors (Lipinski definition) is 5. The van der Waals surface area contributed by atoms with Crippen molar-refractivity contribution in [3.05, 3.63) is 18.2 Å². The first-order valence-electron chi connectivity index (χ1n) is 3.78. The summed E-state index contributed by atoms with van der Waals surface area (Å²) in [5.74, 6) is -1.35. The fourth-order valence-corrected chi connectivity index (χ4v) is 1.16. The van der Waals surface area contributed by atoms with Crippen LogP contribution in [0.5, 0.6) is 11.5 Å². The van der Waals surface area contributed by atoms with E-state index in [2.05, 4.69) is 0 Å². The van der Waals surface area contributed by atoms with Crippen LogP contribution in [0.15, 0.2) is 18.2 Å². The van der Waals surface area contributed by atoms with Crippen LogP contribution in [0.2, 0.25) is 0 Å². The Morgan fingerprint density at radius 3 is 2.93 bits per heavy atom. The highest BCUT2D eigenvalue weighted by atomic mass is 16.6. The molecule has 2 N–H and O–H groups in total. The Morgan fingerprint density at radius 2 is 2.21 bits per heavy atom. The van der Waals surface area contributed by atoms with E-state index >= 15 is 0 Å². The Morgan fingerprint density at radius 1 is 1.50 bits per heavy atom. The van der Waals surface area contributed by atoms with Crippen molar-refractivity contribution in [2.45, 2.75) is 6.29 Å². The number of carbonyl (C=O) groups is 1. The number of benzene rings is 1. The lowest BCUT2D eigenvalue weighted by atomic mass is 10.2. The molecule has 1 atom stereocenters. The topological polar surface area (TPSA) is 93.1 Å². The minimum absolute atomic E-state index is 0.0212. The maximum atomic E-state index is 11.0. The zero-order chi connectivity index (χ0) is 10.3. The Balaban J connectivity index is 2.50. The van der Waals surface area contributed by atoms with E-state index < -0.39 is 12.2 Å². The molecule has 0 fully saturated rings. The normalized spacial score (nSPS) is 20.3. The highest BCUT2D eigenvalue weighted by Crippen LogP contribution is 2.34. The van der Waals surface area contributed by atoms with Gasteiger partial charge < -0.3 is 14.9 Å². The van der Waals surface area contributed by atoms with Crippen LogP contribution >= 0.6 is 0 Å². The van der Waals surface area contributed by atoms with Gasteiger partial charge in [-0.2, -0.15) is 5.06 Å². The van der Waals surface area contributed by atoms with E-state index in [-0.39, 0.29) is 22.2 Å². The fraction of sp³-hybridized carbons (Fsp3) is 0.125. The number of nitrogens with zero attached hydrogens (tertiary/aromatic N) is 1. The molecule has 1 aliphatic rings. The van der Waals surface area contributed by atoms with Gasteiger partial charge in [0.25, 0.3) is 6.29 Å². The molecule has 0 spiro atoms. The van der Waals surface area contributed by atoms with Gasteiger partial charge in [-0.15, -0.1) is 5.75 Å². The molecule has 1 aromatic carbocycles. The SMILES string of the molecule is O=C1C(O)Oc2cc([O-])ccc2N1O. The summed E-state index contributed by atoms with van der Waals surface area (Å²) in [4.78, 5) is 11.0. The number of hydrogen-bond donors (Lipinski definition) is 2. The summed E-state index contributed by atoms with van der Waals surface area (Å²) in [6, 6.07) is 3.49. The van der Waals surface area contributed by atoms with E-state index in [0.717, 1.165) is 6.07 Å². The van der Waals surface area contributed by atoms with Crippen LogP contribution in [0.3, 0.4) is 0 Å². The predicted molar refractivity (Wildman–Crippen MR) is 41.8 cm³/mol. The summed E-state index contributed by atoms with van der Waals surface area (Å²) in [5.41, 5.74) is 0.0416. The standard InChI is InChI=1S/C8H7NO5/c10-4-1-2-5-6(3-4)14-8(12)7(11)9(5)13/h1-3,8,10,12-13H/p-1. The summed E-state index contributed by atoms with van der Waals surface area (Å²) >= 11 is 0. The summed E-state index contributed by atoms with van der Waals surface area (Å²) in [5, 5.41) is 29.4. The molecule has 1 unspecified atom stereocenters. The van der Waals surface area contributed by atoms with Crippen LogP contribution in [0.1, 0.15) is 0 Å². The lowest BCUT2D eigenvalue weighted by Gasteiger charge is -2.28. The van der Waals surface area contributed by atoms with Gasteiger partial charge in [-0.05, 0) is 12.1 Å². The first kappa shape index (κ1) is 8.79. The van der Waals surface area contributed by atoms with Crippen LogP contribution in [-0.4, -0.2) is 22.5 Å². The summed E-state index contributed by atoms with van der Waals surface area (Å²) in [6.07, 6.45) is -1.77. The summed E-state index contributed by atoms with van der Waals surface area (Å²) < 4.78 is 4.70. The molecule has 0 aromatic heterocycles. The molecule has 14 heavy (non-hydrogen) atoms. The molecule has 1 aliphatic heterocycles. The van der Waals surface area contributed by atoms with E-state index in [9.17, 15) is 15.1 Å². The van der Waals surface area contributed by atoms with E-state index in [4.69, 9.17) is 9.84 Å². The number of aliphatic hydroxyl groups excluding tert-OH is 1. The number of rotatable bonds is 0. The van der Waals surface area contributed by atoms with Gasteiger partial charge in [0.05, 0.1) is 0 Å². The molecule has 0 bridgehead atoms. The molecule has 1 aromatic rings. The Kier molecular flexibility index (Phi) is 1.80. The van der Waals surface area contributed by atoms with Crippen LogP contribution in [0.25, 0.3) is 0 Å². The number of fused-ring (bicyclic) bond motifs is 1. The molecule has 1 heterocycles. The quantitative estimate of drug-likeness (QED) is 0.529. The molecule has 1 amide bonds. The third kappa shape index (κ3) is 1.17. The van der Waals surface area contributed by atoms with Gasteiger partial charge in [-0.25, -0.2) is 0 Å². The third-order valence-electron chi connectivity index (χ3n) is 1.82. The zero-order valence-electron chi connectivity index (χ0n) is 6.88. The number of hydroxylamine groups is 1. The van der Waals surface area contributed by atoms with Gasteiger partial charge in [-0.1, -0.05) is 6.07 Å². The summed E-state index contributed by atoms with van der Waals surface area (Å²) in [7, 11) is 0. The number of ether oxygens (including phenoxy) is 1. The van der Waals surface area contributed by atoms with Crippen LogP contribution in [0, 0.1) is 0 Å². The molecule has 0 saturated carbocycles. The molecule has 6 nitrogen and oxygen atoms in total. The van der Waals surface area contributed by atoms with Crippen LogP contribution in [0.4, 0.5) is 5.69 Å². The Labute approximate surface area is 78.5 Å². The van der Waals surface area contributed by atoms with Crippen molar-refractivity contribution in [1.29, 1.82) is 0 Å². The number of aliphatic hydroxyl groups is 1. The molecular weight excluding hydrogens is 190 g/mol. The largest absolute Gasteiger partial charge is 0.872 e. The molecular formula is C8H6NO5-. The highest BCUT2D eigenvalue weighted by molar-refractivity contribution is 5.96. The number of amides is 1. The zero-order valence-corrected chi connectivity index (χ0v) is 6.88.